The fraction of sp³-hybridized carbons (Fsp3) is 0.562. The summed E-state index contributed by atoms with van der Waals surface area (Å²) in [6.45, 7) is 2.34. The topological polar surface area (TPSA) is 81.8 Å². The van der Waals surface area contributed by atoms with Crippen LogP contribution in [0.1, 0.15) is 19.3 Å². The standard InChI is InChI=1S/C16H20N2O5S/c1-17-13-4-3-12(9-14(13)23-15(17)19)24(20,21)18-7-2-5-16(10-18)6-8-22-11-16/h3-4,9H,2,5-8,10-11H2,1H3/t16-/m1/s1. The van der Waals surface area contributed by atoms with Crippen LogP contribution in [0.3, 0.4) is 0 Å². The second-order valence-electron chi connectivity index (χ2n) is 6.80. The minimum absolute atomic E-state index is 0.0469. The van der Waals surface area contributed by atoms with Crippen molar-refractivity contribution in [1.29, 1.82) is 0 Å². The SMILES string of the molecule is Cn1c(=O)oc2cc(S(=O)(=O)N3CCC[C@@]4(CCOC4)C3)ccc21. The van der Waals surface area contributed by atoms with E-state index in [0.717, 1.165) is 19.3 Å². The number of hydrogen-bond acceptors (Lipinski definition) is 5. The molecule has 2 saturated heterocycles. The largest absolute Gasteiger partial charge is 0.419 e. The van der Waals surface area contributed by atoms with E-state index in [1.165, 1.54) is 10.6 Å². The zero-order valence-electron chi connectivity index (χ0n) is 13.5. The van der Waals surface area contributed by atoms with Crippen LogP contribution in [0.15, 0.2) is 32.3 Å². The van der Waals surface area contributed by atoms with Crippen molar-refractivity contribution < 1.29 is 17.6 Å². The summed E-state index contributed by atoms with van der Waals surface area (Å²) in [5.41, 5.74) is 0.826. The average Bonchev–Trinajstić information content (AvgIpc) is 3.12. The molecule has 1 atom stereocenters. The van der Waals surface area contributed by atoms with Crippen molar-refractivity contribution in [1.82, 2.24) is 8.87 Å². The Labute approximate surface area is 139 Å². The highest BCUT2D eigenvalue weighted by Crippen LogP contribution is 2.39. The van der Waals surface area contributed by atoms with E-state index >= 15 is 0 Å². The molecule has 0 aliphatic carbocycles. The quantitative estimate of drug-likeness (QED) is 0.814. The molecule has 1 aromatic heterocycles. The molecule has 130 valence electrons. The summed E-state index contributed by atoms with van der Waals surface area (Å²) < 4.78 is 39.6. The zero-order valence-corrected chi connectivity index (χ0v) is 14.3. The first kappa shape index (κ1) is 15.9. The van der Waals surface area contributed by atoms with E-state index in [2.05, 4.69) is 0 Å². The van der Waals surface area contributed by atoms with E-state index in [1.807, 2.05) is 0 Å². The Hall–Kier alpha value is -1.64. The number of aryl methyl sites for hydroxylation is 1. The summed E-state index contributed by atoms with van der Waals surface area (Å²) >= 11 is 0. The summed E-state index contributed by atoms with van der Waals surface area (Å²) in [5.74, 6) is -0.500. The highest BCUT2D eigenvalue weighted by molar-refractivity contribution is 7.89. The van der Waals surface area contributed by atoms with E-state index in [-0.39, 0.29) is 10.3 Å². The molecule has 8 heteroatoms. The second-order valence-corrected chi connectivity index (χ2v) is 8.74. The van der Waals surface area contributed by atoms with E-state index in [0.29, 0.717) is 37.4 Å². The minimum Gasteiger partial charge on any atom is -0.408 e. The molecule has 0 unspecified atom stereocenters. The number of aromatic nitrogens is 1. The smallest absolute Gasteiger partial charge is 0.408 e. The lowest BCUT2D eigenvalue weighted by molar-refractivity contribution is 0.105. The van der Waals surface area contributed by atoms with Crippen molar-refractivity contribution in [2.24, 2.45) is 12.5 Å². The maximum absolute atomic E-state index is 13.0. The van der Waals surface area contributed by atoms with Gasteiger partial charge in [-0.15, -0.1) is 0 Å². The Balaban J connectivity index is 1.70. The van der Waals surface area contributed by atoms with Gasteiger partial charge in [-0.05, 0) is 31.4 Å². The van der Waals surface area contributed by atoms with Gasteiger partial charge in [0.25, 0.3) is 0 Å². The van der Waals surface area contributed by atoms with Crippen LogP contribution >= 0.6 is 0 Å². The second kappa shape index (κ2) is 5.44. The van der Waals surface area contributed by atoms with E-state index in [4.69, 9.17) is 9.15 Å². The highest BCUT2D eigenvalue weighted by Gasteiger charge is 2.42. The molecule has 0 bridgehead atoms. The van der Waals surface area contributed by atoms with E-state index in [1.54, 1.807) is 23.5 Å². The van der Waals surface area contributed by atoms with Crippen LogP contribution < -0.4 is 5.76 Å². The number of ether oxygens (including phenoxy) is 1. The first-order valence-electron chi connectivity index (χ1n) is 8.09. The number of nitrogens with zero attached hydrogens (tertiary/aromatic N) is 2. The molecule has 2 fully saturated rings. The van der Waals surface area contributed by atoms with Crippen molar-refractivity contribution in [2.45, 2.75) is 24.2 Å². The third-order valence-corrected chi connectivity index (χ3v) is 7.05. The molecule has 2 aromatic rings. The van der Waals surface area contributed by atoms with E-state index < -0.39 is 15.8 Å². The number of fused-ring (bicyclic) bond motifs is 1. The fourth-order valence-corrected chi connectivity index (χ4v) is 5.37. The van der Waals surface area contributed by atoms with E-state index in [9.17, 15) is 13.2 Å². The molecule has 0 radical (unpaired) electrons. The van der Waals surface area contributed by atoms with Crippen LogP contribution in [0, 0.1) is 5.41 Å². The molecule has 2 aliphatic rings. The van der Waals surface area contributed by atoms with Crippen LogP contribution in [-0.4, -0.2) is 43.6 Å². The summed E-state index contributed by atoms with van der Waals surface area (Å²) in [5, 5.41) is 0. The molecule has 3 heterocycles. The van der Waals surface area contributed by atoms with Crippen molar-refractivity contribution in [3.63, 3.8) is 0 Å². The van der Waals surface area contributed by atoms with Gasteiger partial charge in [0, 0.05) is 38.2 Å². The molecule has 0 saturated carbocycles. The molecular weight excluding hydrogens is 332 g/mol. The van der Waals surface area contributed by atoms with Crippen molar-refractivity contribution >= 4 is 21.1 Å². The number of rotatable bonds is 2. The minimum atomic E-state index is -3.61. The Bertz CT molecular complexity index is 937. The molecule has 1 aromatic carbocycles. The van der Waals surface area contributed by atoms with Gasteiger partial charge >= 0.3 is 5.76 Å². The summed E-state index contributed by atoms with van der Waals surface area (Å²) in [6.07, 6.45) is 2.75. The van der Waals surface area contributed by atoms with Crippen molar-refractivity contribution in [3.05, 3.63) is 28.7 Å². The van der Waals surface area contributed by atoms with Crippen molar-refractivity contribution in [2.75, 3.05) is 26.3 Å². The van der Waals surface area contributed by atoms with Crippen LogP contribution in [0.2, 0.25) is 0 Å². The van der Waals surface area contributed by atoms with Gasteiger partial charge in [-0.3, -0.25) is 4.57 Å². The van der Waals surface area contributed by atoms with Gasteiger partial charge in [0.1, 0.15) is 0 Å². The first-order valence-corrected chi connectivity index (χ1v) is 9.53. The molecular formula is C16H20N2O5S. The van der Waals surface area contributed by atoms with Crippen molar-refractivity contribution in [3.8, 4) is 0 Å². The predicted molar refractivity (Wildman–Crippen MR) is 87.3 cm³/mol. The van der Waals surface area contributed by atoms with Crippen LogP contribution in [0.5, 0.6) is 0 Å². The molecule has 1 spiro atoms. The number of sulfonamides is 1. The van der Waals surface area contributed by atoms with Gasteiger partial charge in [0.05, 0.1) is 17.0 Å². The van der Waals surface area contributed by atoms with Gasteiger partial charge < -0.3 is 9.15 Å². The Morgan fingerprint density at radius 2 is 2.08 bits per heavy atom. The molecule has 2 aliphatic heterocycles. The van der Waals surface area contributed by atoms with Gasteiger partial charge in [0.2, 0.25) is 10.0 Å². The molecule has 7 nitrogen and oxygen atoms in total. The summed E-state index contributed by atoms with van der Waals surface area (Å²) in [4.78, 5) is 11.8. The summed E-state index contributed by atoms with van der Waals surface area (Å²) in [6, 6.07) is 4.60. The van der Waals surface area contributed by atoms with Crippen LogP contribution in [0.4, 0.5) is 0 Å². The van der Waals surface area contributed by atoms with Gasteiger partial charge in [-0.2, -0.15) is 4.31 Å². The van der Waals surface area contributed by atoms with Crippen LogP contribution in [-0.2, 0) is 21.8 Å². The molecule has 0 amide bonds. The van der Waals surface area contributed by atoms with Crippen LogP contribution in [0.25, 0.3) is 11.1 Å². The average molecular weight is 352 g/mol. The maximum atomic E-state index is 13.0. The monoisotopic (exact) mass is 352 g/mol. The summed E-state index contributed by atoms with van der Waals surface area (Å²) in [7, 11) is -2.02. The molecule has 4 rings (SSSR count). The third kappa shape index (κ3) is 2.40. The Kier molecular flexibility index (Phi) is 3.59. The Morgan fingerprint density at radius 3 is 2.83 bits per heavy atom. The molecule has 0 N–H and O–H groups in total. The number of piperidine rings is 1. The maximum Gasteiger partial charge on any atom is 0.419 e. The fourth-order valence-electron chi connectivity index (χ4n) is 3.76. The lowest BCUT2D eigenvalue weighted by Crippen LogP contribution is -2.46. The van der Waals surface area contributed by atoms with Gasteiger partial charge in [-0.25, -0.2) is 13.2 Å². The Morgan fingerprint density at radius 1 is 1.25 bits per heavy atom. The lowest BCUT2D eigenvalue weighted by Gasteiger charge is -2.38. The number of oxazole rings is 1. The third-order valence-electron chi connectivity index (χ3n) is 5.21. The zero-order chi connectivity index (χ0) is 16.9. The molecule has 24 heavy (non-hydrogen) atoms. The predicted octanol–water partition coefficient (Wildman–Crippen LogP) is 1.32. The highest BCUT2D eigenvalue weighted by atomic mass is 32.2. The lowest BCUT2D eigenvalue weighted by atomic mass is 9.80. The number of benzene rings is 1. The van der Waals surface area contributed by atoms with Gasteiger partial charge in [-0.1, -0.05) is 0 Å². The normalized spacial score (nSPS) is 25.7. The first-order chi connectivity index (χ1) is 11.4. The number of hydrogen-bond donors (Lipinski definition) is 0. The van der Waals surface area contributed by atoms with Gasteiger partial charge in [0.15, 0.2) is 5.58 Å².